The van der Waals surface area contributed by atoms with E-state index in [2.05, 4.69) is 20.4 Å². The van der Waals surface area contributed by atoms with E-state index in [9.17, 15) is 0 Å². The van der Waals surface area contributed by atoms with Crippen LogP contribution in [0.25, 0.3) is 0 Å². The SMILES string of the molecule is C=C(C)SC(C)C(C)C=CN. The summed E-state index contributed by atoms with van der Waals surface area (Å²) in [6.45, 7) is 10.2. The molecule has 0 heterocycles. The Kier molecular flexibility index (Phi) is 5.12. The summed E-state index contributed by atoms with van der Waals surface area (Å²) in [5.41, 5.74) is 5.29. The second-order valence-electron chi connectivity index (χ2n) is 2.77. The van der Waals surface area contributed by atoms with E-state index in [0.717, 1.165) is 4.91 Å². The second-order valence-corrected chi connectivity index (χ2v) is 4.45. The van der Waals surface area contributed by atoms with Crippen molar-refractivity contribution in [3.63, 3.8) is 0 Å². The summed E-state index contributed by atoms with van der Waals surface area (Å²) in [4.78, 5) is 1.16. The van der Waals surface area contributed by atoms with Crippen LogP contribution in [0, 0.1) is 5.92 Å². The van der Waals surface area contributed by atoms with Gasteiger partial charge in [-0.1, -0.05) is 26.5 Å². The molecule has 0 aliphatic rings. The Hall–Kier alpha value is -0.370. The van der Waals surface area contributed by atoms with Crippen molar-refractivity contribution in [2.75, 3.05) is 0 Å². The van der Waals surface area contributed by atoms with Crippen LogP contribution in [-0.4, -0.2) is 5.25 Å². The highest BCUT2D eigenvalue weighted by Crippen LogP contribution is 2.25. The quantitative estimate of drug-likeness (QED) is 0.704. The molecule has 0 aromatic carbocycles. The van der Waals surface area contributed by atoms with Gasteiger partial charge in [0, 0.05) is 5.25 Å². The van der Waals surface area contributed by atoms with Crippen molar-refractivity contribution in [3.8, 4) is 0 Å². The van der Waals surface area contributed by atoms with Gasteiger partial charge in [0.2, 0.25) is 0 Å². The van der Waals surface area contributed by atoms with Crippen LogP contribution < -0.4 is 5.73 Å². The Balaban J connectivity index is 3.81. The first kappa shape index (κ1) is 10.6. The largest absolute Gasteiger partial charge is 0.405 e. The zero-order chi connectivity index (χ0) is 8.85. The van der Waals surface area contributed by atoms with Gasteiger partial charge in [0.25, 0.3) is 0 Å². The Morgan fingerprint density at radius 1 is 1.55 bits per heavy atom. The van der Waals surface area contributed by atoms with Gasteiger partial charge in [0.15, 0.2) is 0 Å². The minimum absolute atomic E-state index is 0.515. The van der Waals surface area contributed by atoms with E-state index in [1.54, 1.807) is 18.0 Å². The van der Waals surface area contributed by atoms with Crippen LogP contribution in [0.1, 0.15) is 20.8 Å². The summed E-state index contributed by atoms with van der Waals surface area (Å²) in [7, 11) is 0. The van der Waals surface area contributed by atoms with E-state index in [0.29, 0.717) is 11.2 Å². The van der Waals surface area contributed by atoms with Crippen molar-refractivity contribution in [1.82, 2.24) is 0 Å². The van der Waals surface area contributed by atoms with Crippen LogP contribution in [0.4, 0.5) is 0 Å². The second kappa shape index (κ2) is 5.30. The van der Waals surface area contributed by atoms with Crippen molar-refractivity contribution in [3.05, 3.63) is 23.8 Å². The normalized spacial score (nSPS) is 16.6. The van der Waals surface area contributed by atoms with Crippen LogP contribution in [0.2, 0.25) is 0 Å². The number of nitrogens with two attached hydrogens (primary N) is 1. The van der Waals surface area contributed by atoms with Gasteiger partial charge in [0.05, 0.1) is 0 Å². The maximum atomic E-state index is 5.29. The molecule has 1 nitrogen and oxygen atoms in total. The van der Waals surface area contributed by atoms with E-state index in [1.807, 2.05) is 13.0 Å². The topological polar surface area (TPSA) is 26.0 Å². The fourth-order valence-corrected chi connectivity index (χ4v) is 1.70. The van der Waals surface area contributed by atoms with Crippen LogP contribution >= 0.6 is 11.8 Å². The first-order chi connectivity index (χ1) is 5.07. The molecule has 0 rings (SSSR count). The molecule has 11 heavy (non-hydrogen) atoms. The van der Waals surface area contributed by atoms with Crippen molar-refractivity contribution < 1.29 is 0 Å². The van der Waals surface area contributed by atoms with Gasteiger partial charge in [-0.15, -0.1) is 11.8 Å². The maximum absolute atomic E-state index is 5.29. The molecule has 0 aromatic rings. The molecule has 2 atom stereocenters. The summed E-state index contributed by atoms with van der Waals surface area (Å²) in [6.07, 6.45) is 3.63. The molecule has 2 unspecified atom stereocenters. The molecular weight excluding hydrogens is 154 g/mol. The summed E-state index contributed by atoms with van der Waals surface area (Å²) in [5, 5.41) is 0.562. The van der Waals surface area contributed by atoms with E-state index in [4.69, 9.17) is 5.73 Å². The fraction of sp³-hybridized carbons (Fsp3) is 0.556. The predicted molar refractivity (Wildman–Crippen MR) is 54.4 cm³/mol. The Morgan fingerprint density at radius 3 is 2.45 bits per heavy atom. The van der Waals surface area contributed by atoms with Crippen molar-refractivity contribution in [1.29, 1.82) is 0 Å². The van der Waals surface area contributed by atoms with E-state index < -0.39 is 0 Å². The molecular formula is C9H17NS. The standard InChI is InChI=1S/C9H17NS/c1-7(2)11-9(4)8(3)5-6-10/h5-6,8-9H,1,10H2,2-4H3. The number of allylic oxidation sites excluding steroid dienone is 2. The first-order valence-electron chi connectivity index (χ1n) is 3.78. The number of hydrogen-bond acceptors (Lipinski definition) is 2. The van der Waals surface area contributed by atoms with Gasteiger partial charge in [0.1, 0.15) is 0 Å². The zero-order valence-corrected chi connectivity index (χ0v) is 8.32. The minimum atomic E-state index is 0.515. The summed E-state index contributed by atoms with van der Waals surface area (Å²) in [5.74, 6) is 0.515. The van der Waals surface area contributed by atoms with Crippen LogP contribution in [0.15, 0.2) is 23.8 Å². The summed E-state index contributed by atoms with van der Waals surface area (Å²) < 4.78 is 0. The third-order valence-electron chi connectivity index (χ3n) is 1.54. The molecule has 0 bridgehead atoms. The van der Waals surface area contributed by atoms with Gasteiger partial charge in [-0.05, 0) is 23.9 Å². The van der Waals surface area contributed by atoms with Crippen LogP contribution in [-0.2, 0) is 0 Å². The molecule has 0 fully saturated rings. The number of hydrogen-bond donors (Lipinski definition) is 1. The average molecular weight is 171 g/mol. The molecule has 64 valence electrons. The lowest BCUT2D eigenvalue weighted by atomic mass is 10.1. The molecule has 0 spiro atoms. The van der Waals surface area contributed by atoms with Crippen molar-refractivity contribution in [2.24, 2.45) is 11.7 Å². The predicted octanol–water partition coefficient (Wildman–Crippen LogP) is 2.75. The minimum Gasteiger partial charge on any atom is -0.405 e. The lowest BCUT2D eigenvalue weighted by Gasteiger charge is -2.15. The smallest absolute Gasteiger partial charge is 0.0123 e. The molecule has 0 saturated carbocycles. The van der Waals surface area contributed by atoms with Gasteiger partial charge in [-0.25, -0.2) is 0 Å². The van der Waals surface area contributed by atoms with Crippen molar-refractivity contribution >= 4 is 11.8 Å². The summed E-state index contributed by atoms with van der Waals surface area (Å²) >= 11 is 1.80. The highest BCUT2D eigenvalue weighted by atomic mass is 32.2. The molecule has 0 saturated heterocycles. The molecule has 0 amide bonds. The molecule has 2 N–H and O–H groups in total. The lowest BCUT2D eigenvalue weighted by molar-refractivity contribution is 0.716. The Labute approximate surface area is 73.7 Å². The highest BCUT2D eigenvalue weighted by molar-refractivity contribution is 8.03. The molecule has 2 heteroatoms. The molecule has 0 radical (unpaired) electrons. The van der Waals surface area contributed by atoms with Gasteiger partial charge < -0.3 is 5.73 Å². The number of thioether (sulfide) groups is 1. The van der Waals surface area contributed by atoms with Crippen LogP contribution in [0.3, 0.4) is 0 Å². The fourth-order valence-electron chi connectivity index (χ4n) is 0.756. The van der Waals surface area contributed by atoms with Crippen LogP contribution in [0.5, 0.6) is 0 Å². The Bertz CT molecular complexity index is 152. The van der Waals surface area contributed by atoms with E-state index in [-0.39, 0.29) is 0 Å². The molecule has 0 aromatic heterocycles. The molecule has 0 aliphatic carbocycles. The highest BCUT2D eigenvalue weighted by Gasteiger charge is 2.08. The van der Waals surface area contributed by atoms with Gasteiger partial charge in [-0.2, -0.15) is 0 Å². The molecule has 0 aliphatic heterocycles. The van der Waals surface area contributed by atoms with E-state index >= 15 is 0 Å². The first-order valence-corrected chi connectivity index (χ1v) is 4.66. The van der Waals surface area contributed by atoms with Gasteiger partial charge >= 0.3 is 0 Å². The van der Waals surface area contributed by atoms with Gasteiger partial charge in [-0.3, -0.25) is 0 Å². The maximum Gasteiger partial charge on any atom is 0.0123 e. The third-order valence-corrected chi connectivity index (χ3v) is 2.75. The third kappa shape index (κ3) is 4.96. The van der Waals surface area contributed by atoms with Crippen molar-refractivity contribution in [2.45, 2.75) is 26.0 Å². The number of rotatable bonds is 4. The Morgan fingerprint density at radius 2 is 2.09 bits per heavy atom. The lowest BCUT2D eigenvalue weighted by Crippen LogP contribution is -2.07. The van der Waals surface area contributed by atoms with E-state index in [1.165, 1.54) is 0 Å². The monoisotopic (exact) mass is 171 g/mol. The zero-order valence-electron chi connectivity index (χ0n) is 7.50. The average Bonchev–Trinajstić information content (AvgIpc) is 1.86. The summed E-state index contributed by atoms with van der Waals surface area (Å²) in [6, 6.07) is 0.